The first-order valence-electron chi connectivity index (χ1n) is 11.2. The van der Waals surface area contributed by atoms with Crippen molar-refractivity contribution in [1.29, 1.82) is 0 Å². The van der Waals surface area contributed by atoms with Gasteiger partial charge >= 0.3 is 0 Å². The number of aryl methyl sites for hydroxylation is 1. The second kappa shape index (κ2) is 9.08. The highest BCUT2D eigenvalue weighted by atomic mass is 35.5. The molecule has 0 aliphatic carbocycles. The van der Waals surface area contributed by atoms with Gasteiger partial charge in [-0.3, -0.25) is 19.5 Å². The highest BCUT2D eigenvalue weighted by Gasteiger charge is 2.35. The van der Waals surface area contributed by atoms with Crippen molar-refractivity contribution in [2.45, 2.75) is 20.4 Å². The molecule has 12 heteroatoms. The number of hydrogen-bond acceptors (Lipinski definition) is 10. The van der Waals surface area contributed by atoms with Crippen LogP contribution in [0.4, 0.5) is 23.1 Å². The number of aromatic nitrogens is 3. The average Bonchev–Trinajstić information content (AvgIpc) is 3.10. The minimum absolute atomic E-state index is 0.0158. The number of amides is 2. The van der Waals surface area contributed by atoms with Gasteiger partial charge in [0.15, 0.2) is 11.0 Å². The van der Waals surface area contributed by atoms with Crippen LogP contribution in [0, 0.1) is 13.8 Å². The van der Waals surface area contributed by atoms with Crippen LogP contribution in [-0.4, -0.2) is 57.3 Å². The largest absolute Gasteiger partial charge is 0.478 e. The van der Waals surface area contributed by atoms with E-state index in [1.165, 1.54) is 4.90 Å². The lowest BCUT2D eigenvalue weighted by Crippen LogP contribution is -2.37. The van der Waals surface area contributed by atoms with E-state index in [9.17, 15) is 9.59 Å². The number of benzene rings is 1. The molecule has 0 unspecified atom stereocenters. The van der Waals surface area contributed by atoms with Gasteiger partial charge in [0.25, 0.3) is 11.8 Å². The van der Waals surface area contributed by atoms with Crippen molar-refractivity contribution in [2.75, 3.05) is 36.1 Å². The minimum Gasteiger partial charge on any atom is -0.478 e. The van der Waals surface area contributed by atoms with Crippen molar-refractivity contribution in [2.24, 2.45) is 4.99 Å². The number of carbonyl (C=O) groups is 2. The van der Waals surface area contributed by atoms with Gasteiger partial charge in [-0.05, 0) is 37.1 Å². The first-order valence-corrected chi connectivity index (χ1v) is 11.6. The second-order valence-electron chi connectivity index (χ2n) is 8.49. The summed E-state index contributed by atoms with van der Waals surface area (Å²) in [6.45, 7) is 4.50. The molecule has 0 saturated heterocycles. The summed E-state index contributed by atoms with van der Waals surface area (Å²) in [5, 5.41) is 0.0803. The summed E-state index contributed by atoms with van der Waals surface area (Å²) in [5.41, 5.74) is 16.3. The van der Waals surface area contributed by atoms with Crippen LogP contribution in [-0.2, 0) is 11.3 Å². The van der Waals surface area contributed by atoms with Crippen molar-refractivity contribution >= 4 is 52.5 Å². The predicted octanol–water partition coefficient (Wildman–Crippen LogP) is 2.67. The third-order valence-electron chi connectivity index (χ3n) is 6.18. The number of halogens is 1. The Morgan fingerprint density at radius 2 is 1.78 bits per heavy atom. The summed E-state index contributed by atoms with van der Waals surface area (Å²) in [7, 11) is 0. The van der Waals surface area contributed by atoms with Gasteiger partial charge in [-0.25, -0.2) is 4.99 Å². The molecule has 0 bridgehead atoms. The standard InChI is InChI=1S/C24H23ClN8O3/c1-12-9-28-16(13(2)18(12)26)10-32-11-17(29-19-20(25)30-24(27)31-21(19)32)36-8-7-33-22(34)14-5-3-4-6-15(14)23(33)35/h3-6,9H,7-8,10-11H2,1-2H3,(H2,26,28)(H2,27,30,31). The maximum atomic E-state index is 12.6. The third kappa shape index (κ3) is 4.07. The predicted molar refractivity (Wildman–Crippen MR) is 135 cm³/mol. The number of nitrogen functional groups attached to an aromatic ring is 2. The van der Waals surface area contributed by atoms with E-state index in [4.69, 9.17) is 27.8 Å². The molecule has 5 rings (SSSR count). The maximum absolute atomic E-state index is 12.6. The van der Waals surface area contributed by atoms with E-state index in [2.05, 4.69) is 19.9 Å². The zero-order valence-electron chi connectivity index (χ0n) is 19.7. The Hall–Kier alpha value is -4.25. The van der Waals surface area contributed by atoms with Gasteiger partial charge in [-0.1, -0.05) is 23.7 Å². The molecule has 1 aromatic carbocycles. The number of anilines is 3. The van der Waals surface area contributed by atoms with E-state index in [0.29, 0.717) is 40.8 Å². The van der Waals surface area contributed by atoms with E-state index in [1.54, 1.807) is 30.5 Å². The highest BCUT2D eigenvalue weighted by Crippen LogP contribution is 2.37. The summed E-state index contributed by atoms with van der Waals surface area (Å²) in [4.78, 5) is 45.6. The van der Waals surface area contributed by atoms with E-state index < -0.39 is 0 Å². The summed E-state index contributed by atoms with van der Waals surface area (Å²) in [5.74, 6) is 0.0964. The molecule has 4 heterocycles. The summed E-state index contributed by atoms with van der Waals surface area (Å²) in [6, 6.07) is 6.73. The Balaban J connectivity index is 1.36. The van der Waals surface area contributed by atoms with Crippen LogP contribution >= 0.6 is 11.6 Å². The zero-order valence-corrected chi connectivity index (χ0v) is 20.4. The average molecular weight is 507 g/mol. The number of carbonyl (C=O) groups excluding carboxylic acids is 2. The van der Waals surface area contributed by atoms with Gasteiger partial charge in [0.1, 0.15) is 12.3 Å². The molecule has 0 radical (unpaired) electrons. The molecule has 2 aliphatic rings. The molecule has 3 aromatic rings. The fourth-order valence-electron chi connectivity index (χ4n) is 4.19. The summed E-state index contributed by atoms with van der Waals surface area (Å²) >= 11 is 6.33. The molecule has 11 nitrogen and oxygen atoms in total. The lowest BCUT2D eigenvalue weighted by Gasteiger charge is -2.29. The Kier molecular flexibility index (Phi) is 5.92. The second-order valence-corrected chi connectivity index (χ2v) is 8.85. The summed E-state index contributed by atoms with van der Waals surface area (Å²) < 4.78 is 5.90. The van der Waals surface area contributed by atoms with Gasteiger partial charge in [0, 0.05) is 11.9 Å². The number of hydrogen-bond donors (Lipinski definition) is 2. The third-order valence-corrected chi connectivity index (χ3v) is 6.44. The molecule has 0 fully saturated rings. The number of imide groups is 1. The number of rotatable bonds is 5. The molecule has 2 amide bonds. The van der Waals surface area contributed by atoms with Crippen LogP contribution < -0.4 is 16.4 Å². The molecule has 2 aliphatic heterocycles. The fourth-order valence-corrected chi connectivity index (χ4v) is 4.40. The van der Waals surface area contributed by atoms with E-state index in [-0.39, 0.29) is 42.6 Å². The molecule has 2 aromatic heterocycles. The number of nitrogens with zero attached hydrogens (tertiary/aromatic N) is 6. The van der Waals surface area contributed by atoms with E-state index >= 15 is 0 Å². The number of aliphatic imine (C=N–C) groups is 1. The van der Waals surface area contributed by atoms with Crippen LogP contribution in [0.1, 0.15) is 37.5 Å². The van der Waals surface area contributed by atoms with E-state index in [0.717, 1.165) is 16.8 Å². The van der Waals surface area contributed by atoms with Crippen LogP contribution in [0.25, 0.3) is 0 Å². The normalized spacial score (nSPS) is 14.6. The van der Waals surface area contributed by atoms with Crippen LogP contribution in [0.15, 0.2) is 35.5 Å². The molecule has 36 heavy (non-hydrogen) atoms. The molecular weight excluding hydrogens is 484 g/mol. The first kappa shape index (κ1) is 23.5. The minimum atomic E-state index is -0.345. The van der Waals surface area contributed by atoms with Crippen molar-refractivity contribution in [3.8, 4) is 0 Å². The lowest BCUT2D eigenvalue weighted by atomic mass is 10.1. The fraction of sp³-hybridized carbons (Fsp3) is 0.250. The summed E-state index contributed by atoms with van der Waals surface area (Å²) in [6.07, 6.45) is 1.72. The quantitative estimate of drug-likeness (QED) is 0.392. The van der Waals surface area contributed by atoms with Crippen molar-refractivity contribution in [1.82, 2.24) is 19.9 Å². The Morgan fingerprint density at radius 1 is 1.08 bits per heavy atom. The topological polar surface area (TPSA) is 153 Å². The molecule has 0 atom stereocenters. The van der Waals surface area contributed by atoms with Crippen LogP contribution in [0.5, 0.6) is 0 Å². The van der Waals surface area contributed by atoms with Gasteiger partial charge < -0.3 is 21.1 Å². The SMILES string of the molecule is Cc1cnc(CN2CC(OCCN3C(=O)c4ccccc4C3=O)=Nc3c(Cl)nc(N)nc32)c(C)c1N. The van der Waals surface area contributed by atoms with Crippen LogP contribution in [0.2, 0.25) is 5.15 Å². The molecule has 184 valence electrons. The van der Waals surface area contributed by atoms with Crippen molar-refractivity contribution < 1.29 is 14.3 Å². The zero-order chi connectivity index (χ0) is 25.6. The van der Waals surface area contributed by atoms with Gasteiger partial charge in [-0.15, -0.1) is 0 Å². The van der Waals surface area contributed by atoms with Crippen molar-refractivity contribution in [3.05, 3.63) is 63.6 Å². The Labute approximate surface area is 211 Å². The van der Waals surface area contributed by atoms with Gasteiger partial charge in [0.2, 0.25) is 11.8 Å². The lowest BCUT2D eigenvalue weighted by molar-refractivity contribution is 0.0627. The Bertz CT molecular complexity index is 1410. The molecule has 0 saturated carbocycles. The molecular formula is C24H23ClN8O3. The van der Waals surface area contributed by atoms with E-state index in [1.807, 2.05) is 18.7 Å². The highest BCUT2D eigenvalue weighted by molar-refractivity contribution is 6.32. The Morgan fingerprint density at radius 3 is 2.47 bits per heavy atom. The van der Waals surface area contributed by atoms with Gasteiger partial charge in [0.05, 0.1) is 36.5 Å². The number of ether oxygens (including phenoxy) is 1. The monoisotopic (exact) mass is 506 g/mol. The molecule has 4 N–H and O–H groups in total. The number of nitrogens with two attached hydrogens (primary N) is 2. The maximum Gasteiger partial charge on any atom is 0.261 e. The number of fused-ring (bicyclic) bond motifs is 2. The molecule has 0 spiro atoms. The number of pyridine rings is 1. The van der Waals surface area contributed by atoms with Crippen LogP contribution in [0.3, 0.4) is 0 Å². The van der Waals surface area contributed by atoms with Gasteiger partial charge in [-0.2, -0.15) is 9.97 Å². The van der Waals surface area contributed by atoms with Crippen molar-refractivity contribution in [3.63, 3.8) is 0 Å². The smallest absolute Gasteiger partial charge is 0.261 e. The first-order chi connectivity index (χ1) is 17.2.